The first-order valence-corrected chi connectivity index (χ1v) is 4.66. The Morgan fingerprint density at radius 1 is 1.09 bits per heavy atom. The van der Waals surface area contributed by atoms with Crippen molar-refractivity contribution in [3.8, 4) is 0 Å². The average Bonchev–Trinajstić information content (AvgIpc) is 1.96. The minimum absolute atomic E-state index is 1.03. The van der Waals surface area contributed by atoms with Gasteiger partial charge in [-0.2, -0.15) is 0 Å². The highest BCUT2D eigenvalue weighted by Gasteiger charge is 1.90. The van der Waals surface area contributed by atoms with Gasteiger partial charge in [0.2, 0.25) is 0 Å². The predicted octanol–water partition coefficient (Wildman–Crippen LogP) is 2.85. The summed E-state index contributed by atoms with van der Waals surface area (Å²) < 4.78 is 1.76. The van der Waals surface area contributed by atoms with Crippen molar-refractivity contribution in [2.24, 2.45) is 0 Å². The number of nitrogens with zero attached hydrogens (tertiary/aromatic N) is 1. The van der Waals surface area contributed by atoms with Gasteiger partial charge in [-0.25, -0.2) is 0 Å². The molecule has 66 valence electrons. The lowest BCUT2D eigenvalue weighted by atomic mass is 10.1. The summed E-state index contributed by atoms with van der Waals surface area (Å²) >= 11 is 0. The zero-order valence-corrected chi connectivity index (χ0v) is 7.81. The van der Waals surface area contributed by atoms with Gasteiger partial charge in [0.25, 0.3) is 0 Å². The van der Waals surface area contributed by atoms with Crippen LogP contribution in [0.1, 0.15) is 45.4 Å². The third-order valence-corrected chi connectivity index (χ3v) is 1.83. The van der Waals surface area contributed by atoms with Gasteiger partial charge in [-0.15, -0.1) is 0 Å². The van der Waals surface area contributed by atoms with Crippen LogP contribution in [0.4, 0.5) is 0 Å². The van der Waals surface area contributed by atoms with Crippen molar-refractivity contribution in [2.75, 3.05) is 6.54 Å². The number of rotatable bonds is 7. The molecule has 0 rings (SSSR count). The van der Waals surface area contributed by atoms with Gasteiger partial charge in [-0.05, 0) is 20.2 Å². The van der Waals surface area contributed by atoms with Crippen LogP contribution < -0.4 is 0 Å². The van der Waals surface area contributed by atoms with E-state index in [4.69, 9.17) is 0 Å². The molecule has 0 fully saturated rings. The zero-order chi connectivity index (χ0) is 8.53. The van der Waals surface area contributed by atoms with E-state index in [1.165, 1.54) is 38.5 Å². The Morgan fingerprint density at radius 2 is 1.64 bits per heavy atom. The maximum Gasteiger partial charge on any atom is 0.115 e. The van der Waals surface area contributed by atoms with E-state index in [0.717, 1.165) is 6.54 Å². The predicted molar refractivity (Wildman–Crippen MR) is 51.0 cm³/mol. The summed E-state index contributed by atoms with van der Waals surface area (Å²) in [7, 11) is 3.69. The van der Waals surface area contributed by atoms with Crippen LogP contribution >= 0.6 is 0 Å². The van der Waals surface area contributed by atoms with Gasteiger partial charge in [0, 0.05) is 6.42 Å². The number of hydrogen-bond donors (Lipinski definition) is 0. The van der Waals surface area contributed by atoms with Crippen LogP contribution in [0.5, 0.6) is 0 Å². The summed E-state index contributed by atoms with van der Waals surface area (Å²) in [5, 5.41) is 0. The van der Waals surface area contributed by atoms with Gasteiger partial charge in [0.1, 0.15) is 6.54 Å². The highest BCUT2D eigenvalue weighted by Crippen LogP contribution is 2.04. The second kappa shape index (κ2) is 7.64. The van der Waals surface area contributed by atoms with E-state index >= 15 is 0 Å². The Bertz CT molecular complexity index is 97.0. The van der Waals surface area contributed by atoms with Crippen LogP contribution in [0.2, 0.25) is 0 Å². The minimum Gasteiger partial charge on any atom is -0.374 e. The van der Waals surface area contributed by atoms with E-state index in [1.54, 1.807) is 4.58 Å². The van der Waals surface area contributed by atoms with Crippen LogP contribution in [-0.2, 0) is 0 Å². The van der Waals surface area contributed by atoms with Crippen LogP contribution in [0.3, 0.4) is 0 Å². The number of hydrogen-bond acceptors (Lipinski definition) is 0. The summed E-state index contributed by atoms with van der Waals surface area (Å²) in [6.07, 6.45) is 8.07. The first-order chi connectivity index (χ1) is 5.27. The van der Waals surface area contributed by atoms with Crippen molar-refractivity contribution in [1.82, 2.24) is 0 Å². The van der Waals surface area contributed by atoms with Gasteiger partial charge in [-0.3, -0.25) is 0 Å². The fourth-order valence-electron chi connectivity index (χ4n) is 1.12. The normalized spacial score (nSPS) is 9.91. The maximum atomic E-state index is 3.69. The topological polar surface area (TPSA) is 3.01 Å². The molecule has 1 heteroatoms. The average molecular weight is 155 g/mol. The first kappa shape index (κ1) is 10.5. The summed E-state index contributed by atoms with van der Waals surface area (Å²) in [6.45, 7) is 6.97. The van der Waals surface area contributed by atoms with E-state index in [9.17, 15) is 0 Å². The van der Waals surface area contributed by atoms with Gasteiger partial charge >= 0.3 is 0 Å². The van der Waals surface area contributed by atoms with Gasteiger partial charge in [-0.1, -0.05) is 32.6 Å². The van der Waals surface area contributed by atoms with Crippen LogP contribution in [0.15, 0.2) is 0 Å². The molecule has 0 aromatic heterocycles. The van der Waals surface area contributed by atoms with E-state index in [-0.39, 0.29) is 0 Å². The third-order valence-electron chi connectivity index (χ3n) is 1.83. The molecule has 0 spiro atoms. The Kier molecular flexibility index (Phi) is 7.33. The number of unbranched alkanes of at least 4 members (excludes halogenated alkanes) is 5. The van der Waals surface area contributed by atoms with Crippen LogP contribution in [0, 0.1) is 7.05 Å². The molecule has 0 aliphatic carbocycles. The molecular weight excluding hydrogens is 134 g/mol. The summed E-state index contributed by atoms with van der Waals surface area (Å²) in [4.78, 5) is 0. The Labute approximate surface area is 71.1 Å². The fraction of sp³-hybridized carbons (Fsp3) is 0.800. The van der Waals surface area contributed by atoms with E-state index in [2.05, 4.69) is 20.7 Å². The molecule has 0 aromatic carbocycles. The van der Waals surface area contributed by atoms with E-state index in [0.29, 0.717) is 0 Å². The third kappa shape index (κ3) is 9.54. The van der Waals surface area contributed by atoms with Gasteiger partial charge in [0.15, 0.2) is 0 Å². The molecule has 0 bridgehead atoms. The lowest BCUT2D eigenvalue weighted by Gasteiger charge is -2.00. The smallest absolute Gasteiger partial charge is 0.115 e. The van der Waals surface area contributed by atoms with Crippen molar-refractivity contribution in [1.29, 1.82) is 0 Å². The van der Waals surface area contributed by atoms with Crippen molar-refractivity contribution in [3.05, 3.63) is 7.05 Å². The SMILES string of the molecule is C=[N+]([CH2-])CCCCCCCC. The molecule has 0 saturated heterocycles. The van der Waals surface area contributed by atoms with Gasteiger partial charge < -0.3 is 4.58 Å². The zero-order valence-electron chi connectivity index (χ0n) is 7.81. The van der Waals surface area contributed by atoms with Crippen molar-refractivity contribution < 1.29 is 4.58 Å². The summed E-state index contributed by atoms with van der Waals surface area (Å²) in [5.41, 5.74) is 0. The minimum atomic E-state index is 1.03. The molecule has 11 heavy (non-hydrogen) atoms. The molecule has 0 saturated carbocycles. The summed E-state index contributed by atoms with van der Waals surface area (Å²) in [5.74, 6) is 0. The lowest BCUT2D eigenvalue weighted by Crippen LogP contribution is -2.00. The largest absolute Gasteiger partial charge is 0.374 e. The Hall–Kier alpha value is -0.460. The molecule has 0 heterocycles. The molecule has 0 N–H and O–H groups in total. The van der Waals surface area contributed by atoms with Gasteiger partial charge in [0.05, 0.1) is 0 Å². The summed E-state index contributed by atoms with van der Waals surface area (Å²) in [6, 6.07) is 0. The molecule has 0 radical (unpaired) electrons. The highest BCUT2D eigenvalue weighted by molar-refractivity contribution is 5.14. The second-order valence-corrected chi connectivity index (χ2v) is 3.16. The monoisotopic (exact) mass is 155 g/mol. The van der Waals surface area contributed by atoms with E-state index in [1.807, 2.05) is 0 Å². The van der Waals surface area contributed by atoms with Crippen molar-refractivity contribution >= 4 is 6.72 Å². The fourth-order valence-corrected chi connectivity index (χ4v) is 1.12. The molecule has 0 atom stereocenters. The molecular formula is C10H21N. The van der Waals surface area contributed by atoms with Crippen molar-refractivity contribution in [3.63, 3.8) is 0 Å². The van der Waals surface area contributed by atoms with Crippen LogP contribution in [0.25, 0.3) is 0 Å². The molecule has 0 aromatic rings. The highest BCUT2D eigenvalue weighted by atomic mass is 14.9. The van der Waals surface area contributed by atoms with E-state index < -0.39 is 0 Å². The standard InChI is InChI=1S/C10H21N/c1-4-5-6-7-8-9-10-11(2)3/h2-10H2,1H3. The molecule has 0 unspecified atom stereocenters. The van der Waals surface area contributed by atoms with Crippen LogP contribution in [-0.4, -0.2) is 17.8 Å². The lowest BCUT2D eigenvalue weighted by molar-refractivity contribution is -0.456. The molecule has 0 aliphatic rings. The Balaban J connectivity index is 2.85. The second-order valence-electron chi connectivity index (χ2n) is 3.16. The Morgan fingerprint density at radius 3 is 2.18 bits per heavy atom. The molecule has 1 nitrogen and oxygen atoms in total. The quantitative estimate of drug-likeness (QED) is 0.230. The molecule has 0 aliphatic heterocycles. The first-order valence-electron chi connectivity index (χ1n) is 4.66. The molecule has 0 amide bonds. The maximum absolute atomic E-state index is 3.69. The van der Waals surface area contributed by atoms with Crippen molar-refractivity contribution in [2.45, 2.75) is 45.4 Å².